The van der Waals surface area contributed by atoms with Crippen LogP contribution >= 0.6 is 11.6 Å². The summed E-state index contributed by atoms with van der Waals surface area (Å²) in [6.45, 7) is 6.61. The SMILES string of the molecule is CC(C)c1c(-c2cc(Cl)c(=O)n(C)c2)[nH]c2ccc(C3CCNCC3)cc12. The van der Waals surface area contributed by atoms with Crippen LogP contribution in [0.2, 0.25) is 5.02 Å². The fourth-order valence-electron chi connectivity index (χ4n) is 4.27. The molecule has 4 rings (SSSR count). The maximum absolute atomic E-state index is 12.0. The highest BCUT2D eigenvalue weighted by molar-refractivity contribution is 6.30. The highest BCUT2D eigenvalue weighted by atomic mass is 35.5. The molecular formula is C22H26ClN3O. The van der Waals surface area contributed by atoms with E-state index in [0.29, 0.717) is 11.8 Å². The Morgan fingerprint density at radius 2 is 1.93 bits per heavy atom. The standard InChI is InChI=1S/C22H26ClN3O/c1-13(2)20-17-10-15(14-6-8-24-9-7-14)4-5-19(17)25-21(20)16-11-18(23)22(27)26(3)12-16/h4-5,10-14,24-25H,6-9H2,1-3H3. The zero-order valence-corrected chi connectivity index (χ0v) is 16.9. The number of aryl methyl sites for hydroxylation is 1. The Balaban J connectivity index is 1.88. The monoisotopic (exact) mass is 383 g/mol. The summed E-state index contributed by atoms with van der Waals surface area (Å²) >= 11 is 6.17. The number of aromatic amines is 1. The number of rotatable bonds is 3. The second kappa shape index (κ2) is 7.17. The average molecular weight is 384 g/mol. The highest BCUT2D eigenvalue weighted by Gasteiger charge is 2.20. The van der Waals surface area contributed by atoms with E-state index in [1.807, 2.05) is 6.20 Å². The molecule has 2 N–H and O–H groups in total. The number of halogens is 1. The number of piperidine rings is 1. The van der Waals surface area contributed by atoms with Gasteiger partial charge in [0.2, 0.25) is 0 Å². The van der Waals surface area contributed by atoms with E-state index < -0.39 is 0 Å². The topological polar surface area (TPSA) is 49.8 Å². The lowest BCUT2D eigenvalue weighted by Crippen LogP contribution is -2.26. The molecule has 1 aliphatic rings. The van der Waals surface area contributed by atoms with Crippen LogP contribution in [-0.2, 0) is 7.05 Å². The number of nitrogens with zero attached hydrogens (tertiary/aromatic N) is 1. The molecular weight excluding hydrogens is 358 g/mol. The third-order valence-electron chi connectivity index (χ3n) is 5.68. The lowest BCUT2D eigenvalue weighted by atomic mass is 9.88. The van der Waals surface area contributed by atoms with Gasteiger partial charge in [0.25, 0.3) is 5.56 Å². The van der Waals surface area contributed by atoms with Crippen molar-refractivity contribution in [3.8, 4) is 11.3 Å². The van der Waals surface area contributed by atoms with Crippen LogP contribution < -0.4 is 10.9 Å². The molecule has 0 bridgehead atoms. The van der Waals surface area contributed by atoms with Gasteiger partial charge in [0, 0.05) is 29.7 Å². The molecule has 142 valence electrons. The fourth-order valence-corrected chi connectivity index (χ4v) is 4.53. The van der Waals surface area contributed by atoms with Crippen LogP contribution in [0, 0.1) is 0 Å². The van der Waals surface area contributed by atoms with Crippen LogP contribution in [0.25, 0.3) is 22.2 Å². The molecule has 0 aliphatic carbocycles. The smallest absolute Gasteiger partial charge is 0.269 e. The summed E-state index contributed by atoms with van der Waals surface area (Å²) in [5, 5.41) is 4.97. The molecule has 1 fully saturated rings. The van der Waals surface area contributed by atoms with Crippen molar-refractivity contribution in [3.63, 3.8) is 0 Å². The zero-order chi connectivity index (χ0) is 19.1. The Bertz CT molecular complexity index is 1020. The van der Waals surface area contributed by atoms with Gasteiger partial charge in [-0.15, -0.1) is 0 Å². The summed E-state index contributed by atoms with van der Waals surface area (Å²) in [5.41, 5.74) is 5.68. The van der Waals surface area contributed by atoms with E-state index in [9.17, 15) is 4.79 Å². The molecule has 1 aromatic carbocycles. The van der Waals surface area contributed by atoms with Gasteiger partial charge in [-0.05, 0) is 67.1 Å². The molecule has 2 aromatic heterocycles. The summed E-state index contributed by atoms with van der Waals surface area (Å²) in [5.74, 6) is 0.981. The molecule has 3 heterocycles. The number of benzene rings is 1. The van der Waals surface area contributed by atoms with Gasteiger partial charge < -0.3 is 14.9 Å². The second-order valence-corrected chi connectivity index (χ2v) is 8.30. The predicted octanol–water partition coefficient (Wildman–Crippen LogP) is 4.78. The maximum Gasteiger partial charge on any atom is 0.269 e. The number of aromatic nitrogens is 2. The quantitative estimate of drug-likeness (QED) is 0.683. The summed E-state index contributed by atoms with van der Waals surface area (Å²) in [6, 6.07) is 8.60. The van der Waals surface area contributed by atoms with Crippen LogP contribution in [0.4, 0.5) is 0 Å². The number of fused-ring (bicyclic) bond motifs is 1. The number of H-pyrrole nitrogens is 1. The molecule has 0 saturated carbocycles. The van der Waals surface area contributed by atoms with E-state index in [4.69, 9.17) is 11.6 Å². The Morgan fingerprint density at radius 1 is 1.19 bits per heavy atom. The fraction of sp³-hybridized carbons (Fsp3) is 0.409. The number of pyridine rings is 1. The van der Waals surface area contributed by atoms with Crippen molar-refractivity contribution in [1.29, 1.82) is 0 Å². The van der Waals surface area contributed by atoms with Crippen LogP contribution in [-0.4, -0.2) is 22.6 Å². The Hall–Kier alpha value is -2.04. The van der Waals surface area contributed by atoms with Crippen molar-refractivity contribution in [2.24, 2.45) is 7.05 Å². The lowest BCUT2D eigenvalue weighted by molar-refractivity contribution is 0.460. The molecule has 3 aromatic rings. The van der Waals surface area contributed by atoms with Crippen LogP contribution in [0.1, 0.15) is 49.7 Å². The van der Waals surface area contributed by atoms with Gasteiger partial charge in [0.05, 0.1) is 5.69 Å². The van der Waals surface area contributed by atoms with Crippen LogP contribution in [0.15, 0.2) is 35.3 Å². The van der Waals surface area contributed by atoms with Crippen LogP contribution in [0.3, 0.4) is 0 Å². The summed E-state index contributed by atoms with van der Waals surface area (Å²) in [4.78, 5) is 15.6. The van der Waals surface area contributed by atoms with Gasteiger partial charge in [0.15, 0.2) is 0 Å². The first-order valence-electron chi connectivity index (χ1n) is 9.68. The summed E-state index contributed by atoms with van der Waals surface area (Å²) < 4.78 is 1.55. The molecule has 0 unspecified atom stereocenters. The lowest BCUT2D eigenvalue weighted by Gasteiger charge is -2.23. The van der Waals surface area contributed by atoms with Crippen molar-refractivity contribution in [1.82, 2.24) is 14.9 Å². The van der Waals surface area contributed by atoms with Crippen molar-refractivity contribution >= 4 is 22.5 Å². The first-order chi connectivity index (χ1) is 13.0. The van der Waals surface area contributed by atoms with Crippen molar-refractivity contribution in [2.45, 2.75) is 38.5 Å². The molecule has 0 amide bonds. The number of nitrogens with one attached hydrogen (secondary N) is 2. The van der Waals surface area contributed by atoms with Crippen molar-refractivity contribution in [3.05, 3.63) is 57.0 Å². The Morgan fingerprint density at radius 3 is 2.59 bits per heavy atom. The Labute approximate surface area is 164 Å². The normalized spacial score (nSPS) is 15.7. The molecule has 1 saturated heterocycles. The molecule has 0 radical (unpaired) electrons. The second-order valence-electron chi connectivity index (χ2n) is 7.89. The average Bonchev–Trinajstić information content (AvgIpc) is 3.05. The minimum atomic E-state index is -0.171. The van der Waals surface area contributed by atoms with Crippen molar-refractivity contribution in [2.75, 3.05) is 13.1 Å². The molecule has 0 spiro atoms. The molecule has 4 nitrogen and oxygen atoms in total. The first kappa shape index (κ1) is 18.3. The van der Waals surface area contributed by atoms with Crippen LogP contribution in [0.5, 0.6) is 0 Å². The van der Waals surface area contributed by atoms with Gasteiger partial charge in [-0.25, -0.2) is 0 Å². The minimum Gasteiger partial charge on any atom is -0.354 e. The zero-order valence-electron chi connectivity index (χ0n) is 16.1. The number of hydrogen-bond acceptors (Lipinski definition) is 2. The Kier molecular flexibility index (Phi) is 4.87. The van der Waals surface area contributed by atoms with E-state index >= 15 is 0 Å². The van der Waals surface area contributed by atoms with E-state index in [2.05, 4.69) is 42.3 Å². The van der Waals surface area contributed by atoms with E-state index in [-0.39, 0.29) is 10.6 Å². The summed E-state index contributed by atoms with van der Waals surface area (Å²) in [7, 11) is 1.74. The molecule has 0 atom stereocenters. The van der Waals surface area contributed by atoms with Gasteiger partial charge >= 0.3 is 0 Å². The molecule has 5 heteroatoms. The maximum atomic E-state index is 12.0. The first-order valence-corrected chi connectivity index (χ1v) is 10.1. The van der Waals surface area contributed by atoms with Gasteiger partial charge in [-0.3, -0.25) is 4.79 Å². The third-order valence-corrected chi connectivity index (χ3v) is 5.95. The summed E-state index contributed by atoms with van der Waals surface area (Å²) in [6.07, 6.45) is 4.24. The predicted molar refractivity (Wildman–Crippen MR) is 113 cm³/mol. The van der Waals surface area contributed by atoms with Crippen molar-refractivity contribution < 1.29 is 0 Å². The highest BCUT2D eigenvalue weighted by Crippen LogP contribution is 2.38. The minimum absolute atomic E-state index is 0.171. The van der Waals surface area contributed by atoms with E-state index in [1.54, 1.807) is 17.7 Å². The molecule has 1 aliphatic heterocycles. The van der Waals surface area contributed by atoms with Gasteiger partial charge in [0.1, 0.15) is 5.02 Å². The molecule has 27 heavy (non-hydrogen) atoms. The van der Waals surface area contributed by atoms with Gasteiger partial charge in [-0.1, -0.05) is 31.5 Å². The third kappa shape index (κ3) is 3.32. The van der Waals surface area contributed by atoms with E-state index in [1.165, 1.54) is 29.4 Å². The van der Waals surface area contributed by atoms with Gasteiger partial charge in [-0.2, -0.15) is 0 Å². The van der Waals surface area contributed by atoms with E-state index in [0.717, 1.165) is 29.9 Å². The largest absolute Gasteiger partial charge is 0.354 e. The number of hydrogen-bond donors (Lipinski definition) is 2.